The van der Waals surface area contributed by atoms with Crippen LogP contribution in [-0.2, 0) is 4.79 Å². The van der Waals surface area contributed by atoms with E-state index in [1.54, 1.807) is 30.2 Å². The lowest BCUT2D eigenvalue weighted by atomic mass is 10.2. The Hall–Kier alpha value is -3.29. The smallest absolute Gasteiger partial charge is 0.325 e. The van der Waals surface area contributed by atoms with Crippen LogP contribution in [0.5, 0.6) is 5.75 Å². The van der Waals surface area contributed by atoms with Crippen LogP contribution in [0.2, 0.25) is 0 Å². The molecular weight excluding hydrogens is 387 g/mol. The van der Waals surface area contributed by atoms with Crippen molar-refractivity contribution in [3.05, 3.63) is 54.3 Å². The molecule has 4 rings (SSSR count). The zero-order valence-corrected chi connectivity index (χ0v) is 17.0. The molecule has 0 atom stereocenters. The summed E-state index contributed by atoms with van der Waals surface area (Å²) in [5, 5.41) is 0. The molecule has 2 fully saturated rings. The molecule has 0 radical (unpaired) electrons. The summed E-state index contributed by atoms with van der Waals surface area (Å²) in [7, 11) is 1.64. The molecule has 2 aliphatic rings. The molecule has 0 N–H and O–H groups in total. The van der Waals surface area contributed by atoms with Crippen molar-refractivity contribution in [2.75, 3.05) is 62.7 Å². The predicted molar refractivity (Wildman–Crippen MR) is 113 cm³/mol. The van der Waals surface area contributed by atoms with Gasteiger partial charge in [0.2, 0.25) is 5.91 Å². The van der Waals surface area contributed by atoms with Crippen LogP contribution in [0.3, 0.4) is 0 Å². The lowest BCUT2D eigenvalue weighted by Gasteiger charge is -2.36. The lowest BCUT2D eigenvalue weighted by molar-refractivity contribution is -0.131. The van der Waals surface area contributed by atoms with Crippen molar-refractivity contribution in [3.63, 3.8) is 0 Å². The second-order valence-electron chi connectivity index (χ2n) is 7.37. The van der Waals surface area contributed by atoms with Gasteiger partial charge in [-0.3, -0.25) is 9.69 Å². The van der Waals surface area contributed by atoms with Crippen molar-refractivity contribution in [2.45, 2.75) is 0 Å². The molecule has 0 saturated carbocycles. The van der Waals surface area contributed by atoms with Crippen molar-refractivity contribution in [1.82, 2.24) is 9.80 Å². The van der Waals surface area contributed by atoms with Gasteiger partial charge in [-0.25, -0.2) is 9.18 Å². The normalized spacial score (nSPS) is 16.9. The molecule has 7 nitrogen and oxygen atoms in total. The molecule has 0 unspecified atom stereocenters. The quantitative estimate of drug-likeness (QED) is 0.757. The minimum atomic E-state index is -0.436. The summed E-state index contributed by atoms with van der Waals surface area (Å²) in [4.78, 5) is 32.3. The Morgan fingerprint density at radius 2 is 1.67 bits per heavy atom. The highest BCUT2D eigenvalue weighted by Crippen LogP contribution is 2.24. The molecule has 2 aromatic carbocycles. The summed E-state index contributed by atoms with van der Waals surface area (Å²) < 4.78 is 19.2. The summed E-state index contributed by atoms with van der Waals surface area (Å²) in [6.45, 7) is 3.46. The van der Waals surface area contributed by atoms with Crippen LogP contribution in [0.15, 0.2) is 48.5 Å². The number of piperazine rings is 1. The highest BCUT2D eigenvalue weighted by atomic mass is 19.1. The number of benzene rings is 2. The fourth-order valence-electron chi connectivity index (χ4n) is 3.89. The SMILES string of the molecule is COc1ccc(N2CCN(C(=O)CN3CCN(c4ccccc4F)C3=O)CC2)cc1. The van der Waals surface area contributed by atoms with E-state index in [-0.39, 0.29) is 24.2 Å². The van der Waals surface area contributed by atoms with Crippen molar-refractivity contribution in [2.24, 2.45) is 0 Å². The first kappa shape index (κ1) is 20.0. The van der Waals surface area contributed by atoms with E-state index in [0.717, 1.165) is 24.5 Å². The Bertz CT molecular complexity index is 913. The topological polar surface area (TPSA) is 56.3 Å². The van der Waals surface area contributed by atoms with E-state index < -0.39 is 5.82 Å². The Kier molecular flexibility index (Phi) is 5.74. The molecule has 2 aliphatic heterocycles. The van der Waals surface area contributed by atoms with Crippen LogP contribution in [-0.4, -0.2) is 74.7 Å². The summed E-state index contributed by atoms with van der Waals surface area (Å²) in [5.41, 5.74) is 1.35. The zero-order valence-electron chi connectivity index (χ0n) is 17.0. The Morgan fingerprint density at radius 1 is 0.967 bits per heavy atom. The number of carbonyl (C=O) groups excluding carboxylic acids is 2. The fraction of sp³-hybridized carbons (Fsp3) is 0.364. The number of hydrogen-bond donors (Lipinski definition) is 0. The summed E-state index contributed by atoms with van der Waals surface area (Å²) in [6.07, 6.45) is 0. The van der Waals surface area contributed by atoms with Gasteiger partial charge in [0.05, 0.1) is 12.8 Å². The van der Waals surface area contributed by atoms with Gasteiger partial charge in [0.25, 0.3) is 0 Å². The third kappa shape index (κ3) is 4.03. The van der Waals surface area contributed by atoms with Crippen LogP contribution in [0.4, 0.5) is 20.6 Å². The number of para-hydroxylation sites is 1. The third-order valence-corrected chi connectivity index (χ3v) is 5.63. The Balaban J connectivity index is 1.31. The van der Waals surface area contributed by atoms with E-state index in [0.29, 0.717) is 26.2 Å². The van der Waals surface area contributed by atoms with Crippen LogP contribution >= 0.6 is 0 Å². The number of carbonyl (C=O) groups is 2. The van der Waals surface area contributed by atoms with Crippen LogP contribution in [0.25, 0.3) is 0 Å². The van der Waals surface area contributed by atoms with E-state index in [1.165, 1.54) is 15.9 Å². The van der Waals surface area contributed by atoms with Gasteiger partial charge in [-0.05, 0) is 36.4 Å². The fourth-order valence-corrected chi connectivity index (χ4v) is 3.89. The number of amides is 3. The van der Waals surface area contributed by atoms with E-state index in [4.69, 9.17) is 4.74 Å². The molecule has 30 heavy (non-hydrogen) atoms. The number of urea groups is 1. The van der Waals surface area contributed by atoms with Crippen molar-refractivity contribution in [3.8, 4) is 5.75 Å². The first-order chi connectivity index (χ1) is 14.6. The number of halogens is 1. The van der Waals surface area contributed by atoms with Crippen LogP contribution in [0, 0.1) is 5.82 Å². The van der Waals surface area contributed by atoms with Gasteiger partial charge in [0.15, 0.2) is 0 Å². The maximum atomic E-state index is 14.0. The molecular formula is C22H25FN4O3. The molecule has 2 heterocycles. The number of rotatable bonds is 5. The Morgan fingerprint density at radius 3 is 2.33 bits per heavy atom. The average Bonchev–Trinajstić information content (AvgIpc) is 3.14. The van der Waals surface area contributed by atoms with Crippen molar-refractivity contribution in [1.29, 1.82) is 0 Å². The van der Waals surface area contributed by atoms with Crippen LogP contribution in [0.1, 0.15) is 0 Å². The number of methoxy groups -OCH3 is 1. The average molecular weight is 412 g/mol. The first-order valence-electron chi connectivity index (χ1n) is 10.0. The first-order valence-corrected chi connectivity index (χ1v) is 10.0. The minimum Gasteiger partial charge on any atom is -0.497 e. The summed E-state index contributed by atoms with van der Waals surface area (Å²) in [6, 6.07) is 13.7. The highest BCUT2D eigenvalue weighted by Gasteiger charge is 2.33. The van der Waals surface area contributed by atoms with Crippen LogP contribution < -0.4 is 14.5 Å². The van der Waals surface area contributed by atoms with Crippen molar-refractivity contribution < 1.29 is 18.7 Å². The van der Waals surface area contributed by atoms with Gasteiger partial charge in [-0.15, -0.1) is 0 Å². The van der Waals surface area contributed by atoms with Gasteiger partial charge in [0.1, 0.15) is 18.1 Å². The van der Waals surface area contributed by atoms with Gasteiger partial charge < -0.3 is 19.4 Å². The molecule has 8 heteroatoms. The van der Waals surface area contributed by atoms with Gasteiger partial charge in [0, 0.05) is 45.0 Å². The van der Waals surface area contributed by atoms with Crippen molar-refractivity contribution >= 4 is 23.3 Å². The standard InChI is InChI=1S/C22H25FN4O3/c1-30-18-8-6-17(7-9-18)24-10-12-25(13-11-24)21(28)16-26-14-15-27(22(26)29)20-5-3-2-4-19(20)23/h2-9H,10-16H2,1H3. The van der Waals surface area contributed by atoms with E-state index in [1.807, 2.05) is 24.3 Å². The number of nitrogens with zero attached hydrogens (tertiary/aromatic N) is 4. The number of ether oxygens (including phenoxy) is 1. The molecule has 0 aromatic heterocycles. The number of anilines is 2. The summed E-state index contributed by atoms with van der Waals surface area (Å²) in [5.74, 6) is 0.300. The van der Waals surface area contributed by atoms with Gasteiger partial charge in [-0.1, -0.05) is 12.1 Å². The second-order valence-corrected chi connectivity index (χ2v) is 7.37. The minimum absolute atomic E-state index is 0.0202. The molecule has 0 spiro atoms. The molecule has 3 amide bonds. The van der Waals surface area contributed by atoms with E-state index in [9.17, 15) is 14.0 Å². The largest absolute Gasteiger partial charge is 0.497 e. The third-order valence-electron chi connectivity index (χ3n) is 5.63. The molecule has 0 aliphatic carbocycles. The second kappa shape index (κ2) is 8.61. The molecule has 158 valence electrons. The molecule has 2 aromatic rings. The maximum Gasteiger partial charge on any atom is 0.325 e. The highest BCUT2D eigenvalue weighted by molar-refractivity contribution is 5.96. The molecule has 2 saturated heterocycles. The maximum absolute atomic E-state index is 14.0. The zero-order chi connectivity index (χ0) is 21.1. The van der Waals surface area contributed by atoms with E-state index in [2.05, 4.69) is 4.90 Å². The molecule has 0 bridgehead atoms. The van der Waals surface area contributed by atoms with Gasteiger partial charge >= 0.3 is 6.03 Å². The monoisotopic (exact) mass is 412 g/mol. The van der Waals surface area contributed by atoms with E-state index >= 15 is 0 Å². The summed E-state index contributed by atoms with van der Waals surface area (Å²) >= 11 is 0. The lowest BCUT2D eigenvalue weighted by Crippen LogP contribution is -2.51. The number of hydrogen-bond acceptors (Lipinski definition) is 4. The van der Waals surface area contributed by atoms with Gasteiger partial charge in [-0.2, -0.15) is 0 Å². The predicted octanol–water partition coefficient (Wildman–Crippen LogP) is 2.43. The Labute approximate surface area is 175 Å².